The van der Waals surface area contributed by atoms with Crippen LogP contribution < -0.4 is 5.73 Å². The molecule has 0 unspecified atom stereocenters. The number of likely N-dealkylation sites (tertiary alicyclic amines) is 1. The first-order chi connectivity index (χ1) is 8.12. The van der Waals surface area contributed by atoms with Crippen LogP contribution in [0.5, 0.6) is 0 Å². The summed E-state index contributed by atoms with van der Waals surface area (Å²) < 4.78 is 0. The van der Waals surface area contributed by atoms with Crippen molar-refractivity contribution in [1.82, 2.24) is 4.90 Å². The standard InChI is InChI=1S/C14H22N2O/c1-14(10-17)8-12(9-15)13(16(14)2)11-6-4-3-5-7-11/h3-7,12-13,17H,8-10,15H2,1-2H3/t12-,13-,14+/m0/s1. The normalized spacial score (nSPS) is 34.1. The molecule has 0 radical (unpaired) electrons. The third-order valence-electron chi connectivity index (χ3n) is 4.20. The summed E-state index contributed by atoms with van der Waals surface area (Å²) in [5.74, 6) is 0.416. The van der Waals surface area contributed by atoms with E-state index in [1.165, 1.54) is 5.56 Å². The van der Waals surface area contributed by atoms with E-state index in [9.17, 15) is 5.11 Å². The van der Waals surface area contributed by atoms with Crippen LogP contribution in [0.4, 0.5) is 0 Å². The number of hydrogen-bond acceptors (Lipinski definition) is 3. The zero-order valence-corrected chi connectivity index (χ0v) is 10.6. The van der Waals surface area contributed by atoms with E-state index in [1.807, 2.05) is 6.07 Å². The average Bonchev–Trinajstić information content (AvgIpc) is 2.63. The predicted molar refractivity (Wildman–Crippen MR) is 69.6 cm³/mol. The Kier molecular flexibility index (Phi) is 3.52. The molecular weight excluding hydrogens is 212 g/mol. The highest BCUT2D eigenvalue weighted by atomic mass is 16.3. The molecule has 1 saturated heterocycles. The van der Waals surface area contributed by atoms with Gasteiger partial charge in [0.2, 0.25) is 0 Å². The van der Waals surface area contributed by atoms with Crippen LogP contribution in [-0.4, -0.2) is 35.7 Å². The molecule has 3 atom stereocenters. The molecule has 0 saturated carbocycles. The monoisotopic (exact) mass is 234 g/mol. The Bertz CT molecular complexity index is 368. The first-order valence-corrected chi connectivity index (χ1v) is 6.21. The van der Waals surface area contributed by atoms with Gasteiger partial charge in [-0.25, -0.2) is 0 Å². The smallest absolute Gasteiger partial charge is 0.0613 e. The number of likely N-dealkylation sites (N-methyl/N-ethyl adjacent to an activating group) is 1. The Balaban J connectivity index is 2.32. The number of hydrogen-bond donors (Lipinski definition) is 2. The number of rotatable bonds is 3. The lowest BCUT2D eigenvalue weighted by molar-refractivity contribution is 0.0769. The molecule has 2 rings (SSSR count). The predicted octanol–water partition coefficient (Wildman–Crippen LogP) is 1.39. The minimum Gasteiger partial charge on any atom is -0.394 e. The Morgan fingerprint density at radius 2 is 2.06 bits per heavy atom. The zero-order valence-electron chi connectivity index (χ0n) is 10.6. The SMILES string of the molecule is CN1[C@@H](c2ccccc2)[C@H](CN)C[C@]1(C)CO. The topological polar surface area (TPSA) is 49.5 Å². The Morgan fingerprint density at radius 3 is 2.59 bits per heavy atom. The largest absolute Gasteiger partial charge is 0.394 e. The fraction of sp³-hybridized carbons (Fsp3) is 0.571. The van der Waals surface area contributed by atoms with Gasteiger partial charge in [0.15, 0.2) is 0 Å². The number of aliphatic hydroxyl groups is 1. The molecule has 1 aromatic rings. The molecule has 3 nitrogen and oxygen atoms in total. The summed E-state index contributed by atoms with van der Waals surface area (Å²) in [7, 11) is 2.09. The van der Waals surface area contributed by atoms with E-state index in [0.29, 0.717) is 18.5 Å². The molecular formula is C14H22N2O. The maximum Gasteiger partial charge on any atom is 0.0613 e. The minimum atomic E-state index is -0.148. The lowest BCUT2D eigenvalue weighted by Gasteiger charge is -2.34. The van der Waals surface area contributed by atoms with Gasteiger partial charge in [-0.3, -0.25) is 4.90 Å². The third kappa shape index (κ3) is 2.10. The van der Waals surface area contributed by atoms with Gasteiger partial charge >= 0.3 is 0 Å². The second-order valence-corrected chi connectivity index (χ2v) is 5.32. The molecule has 1 heterocycles. The Hall–Kier alpha value is -0.900. The molecule has 0 aromatic heterocycles. The molecule has 1 aliphatic rings. The minimum absolute atomic E-state index is 0.148. The number of nitrogens with two attached hydrogens (primary N) is 1. The van der Waals surface area contributed by atoms with Crippen LogP contribution in [0.15, 0.2) is 30.3 Å². The molecule has 0 spiro atoms. The lowest BCUT2D eigenvalue weighted by atomic mass is 9.90. The van der Waals surface area contributed by atoms with Crippen LogP contribution in [0, 0.1) is 5.92 Å². The maximum atomic E-state index is 9.59. The van der Waals surface area contributed by atoms with Crippen molar-refractivity contribution in [2.75, 3.05) is 20.2 Å². The van der Waals surface area contributed by atoms with Gasteiger partial charge in [-0.1, -0.05) is 30.3 Å². The van der Waals surface area contributed by atoms with Crippen molar-refractivity contribution in [2.24, 2.45) is 11.7 Å². The van der Waals surface area contributed by atoms with Crippen molar-refractivity contribution in [3.05, 3.63) is 35.9 Å². The summed E-state index contributed by atoms with van der Waals surface area (Å²) >= 11 is 0. The highest BCUT2D eigenvalue weighted by Gasteiger charge is 2.46. The first kappa shape index (κ1) is 12.6. The number of nitrogens with zero attached hydrogens (tertiary/aromatic N) is 1. The maximum absolute atomic E-state index is 9.59. The van der Waals surface area contributed by atoms with E-state index < -0.39 is 0 Å². The average molecular weight is 234 g/mol. The van der Waals surface area contributed by atoms with Crippen molar-refractivity contribution >= 4 is 0 Å². The lowest BCUT2D eigenvalue weighted by Crippen LogP contribution is -2.42. The van der Waals surface area contributed by atoms with Gasteiger partial charge in [-0.15, -0.1) is 0 Å². The highest BCUT2D eigenvalue weighted by molar-refractivity contribution is 5.23. The van der Waals surface area contributed by atoms with Crippen molar-refractivity contribution in [1.29, 1.82) is 0 Å². The molecule has 0 aliphatic carbocycles. The summed E-state index contributed by atoms with van der Waals surface area (Å²) in [6.45, 7) is 2.96. The quantitative estimate of drug-likeness (QED) is 0.831. The fourth-order valence-electron chi connectivity index (χ4n) is 3.01. The highest BCUT2D eigenvalue weighted by Crippen LogP contribution is 2.44. The van der Waals surface area contributed by atoms with Crippen LogP contribution in [0.3, 0.4) is 0 Å². The second-order valence-electron chi connectivity index (χ2n) is 5.32. The van der Waals surface area contributed by atoms with Crippen LogP contribution in [-0.2, 0) is 0 Å². The van der Waals surface area contributed by atoms with E-state index in [4.69, 9.17) is 5.73 Å². The molecule has 1 aliphatic heterocycles. The van der Waals surface area contributed by atoms with E-state index >= 15 is 0 Å². The van der Waals surface area contributed by atoms with Gasteiger partial charge in [-0.05, 0) is 38.4 Å². The number of benzene rings is 1. The van der Waals surface area contributed by atoms with E-state index in [1.54, 1.807) is 0 Å². The van der Waals surface area contributed by atoms with Crippen LogP contribution in [0.2, 0.25) is 0 Å². The summed E-state index contributed by atoms with van der Waals surface area (Å²) in [5, 5.41) is 9.59. The molecule has 3 heteroatoms. The van der Waals surface area contributed by atoms with E-state index in [-0.39, 0.29) is 12.1 Å². The van der Waals surface area contributed by atoms with Gasteiger partial charge in [-0.2, -0.15) is 0 Å². The zero-order chi connectivity index (χ0) is 12.5. The molecule has 0 amide bonds. The van der Waals surface area contributed by atoms with Crippen molar-refractivity contribution in [2.45, 2.75) is 24.9 Å². The van der Waals surface area contributed by atoms with Crippen LogP contribution in [0.1, 0.15) is 24.9 Å². The summed E-state index contributed by atoms with van der Waals surface area (Å²) in [6, 6.07) is 10.8. The van der Waals surface area contributed by atoms with E-state index in [2.05, 4.69) is 43.1 Å². The van der Waals surface area contributed by atoms with Gasteiger partial charge < -0.3 is 10.8 Å². The van der Waals surface area contributed by atoms with E-state index in [0.717, 1.165) is 6.42 Å². The second kappa shape index (κ2) is 4.77. The molecule has 1 fully saturated rings. The Morgan fingerprint density at radius 1 is 1.41 bits per heavy atom. The van der Waals surface area contributed by atoms with Crippen molar-refractivity contribution in [3.63, 3.8) is 0 Å². The summed E-state index contributed by atoms with van der Waals surface area (Å²) in [5.41, 5.74) is 7.04. The molecule has 94 valence electrons. The fourth-order valence-corrected chi connectivity index (χ4v) is 3.01. The molecule has 3 N–H and O–H groups in total. The summed E-state index contributed by atoms with van der Waals surface area (Å²) in [6.07, 6.45) is 0.954. The molecule has 0 bridgehead atoms. The molecule has 17 heavy (non-hydrogen) atoms. The third-order valence-corrected chi connectivity index (χ3v) is 4.20. The first-order valence-electron chi connectivity index (χ1n) is 6.21. The van der Waals surface area contributed by atoms with Gasteiger partial charge in [0.05, 0.1) is 6.61 Å². The van der Waals surface area contributed by atoms with Crippen molar-refractivity contribution in [3.8, 4) is 0 Å². The van der Waals surface area contributed by atoms with Gasteiger partial charge in [0, 0.05) is 11.6 Å². The number of aliphatic hydroxyl groups excluding tert-OH is 1. The van der Waals surface area contributed by atoms with Gasteiger partial charge in [0.25, 0.3) is 0 Å². The van der Waals surface area contributed by atoms with Crippen molar-refractivity contribution < 1.29 is 5.11 Å². The molecule has 1 aromatic carbocycles. The van der Waals surface area contributed by atoms with Gasteiger partial charge in [0.1, 0.15) is 0 Å². The Labute approximate surface area is 103 Å². The summed E-state index contributed by atoms with van der Waals surface area (Å²) in [4.78, 5) is 2.28. The van der Waals surface area contributed by atoms with Crippen LogP contribution >= 0.6 is 0 Å². The van der Waals surface area contributed by atoms with Crippen LogP contribution in [0.25, 0.3) is 0 Å².